The van der Waals surface area contributed by atoms with Gasteiger partial charge in [0.05, 0.1) is 11.6 Å². The van der Waals surface area contributed by atoms with Crippen molar-refractivity contribution in [2.75, 3.05) is 5.32 Å². The second kappa shape index (κ2) is 4.43. The lowest BCUT2D eigenvalue weighted by molar-refractivity contribution is 0.304. The van der Waals surface area contributed by atoms with Crippen molar-refractivity contribution < 1.29 is 0 Å². The van der Waals surface area contributed by atoms with E-state index in [1.807, 2.05) is 13.2 Å². The number of nitrogens with zero attached hydrogens (tertiary/aromatic N) is 4. The summed E-state index contributed by atoms with van der Waals surface area (Å²) < 4.78 is 1.80. The van der Waals surface area contributed by atoms with Gasteiger partial charge in [-0.25, -0.2) is 9.97 Å². The SMILES string of the molecule is C[C@H](Nc1ncnc2c1cnn2C)[C@@H]1C[C@H]2CC[C@H]1C2. The Hall–Kier alpha value is -1.65. The Bertz CT molecular complexity index is 634. The molecular formula is C15H21N5. The molecule has 1 N–H and O–H groups in total. The van der Waals surface area contributed by atoms with Gasteiger partial charge in [0.2, 0.25) is 0 Å². The number of aryl methyl sites for hydroxylation is 1. The van der Waals surface area contributed by atoms with Crippen molar-refractivity contribution in [2.45, 2.75) is 38.6 Å². The highest BCUT2D eigenvalue weighted by Crippen LogP contribution is 2.49. The molecule has 2 bridgehead atoms. The highest BCUT2D eigenvalue weighted by atomic mass is 15.3. The zero-order valence-electron chi connectivity index (χ0n) is 12.1. The van der Waals surface area contributed by atoms with E-state index in [0.717, 1.165) is 34.6 Å². The summed E-state index contributed by atoms with van der Waals surface area (Å²) in [6, 6.07) is 0.476. The van der Waals surface area contributed by atoms with Gasteiger partial charge in [-0.2, -0.15) is 5.10 Å². The third-order valence-electron chi connectivity index (χ3n) is 5.33. The van der Waals surface area contributed by atoms with Crippen LogP contribution in [0.25, 0.3) is 11.0 Å². The Kier molecular flexibility index (Phi) is 2.69. The van der Waals surface area contributed by atoms with Gasteiger partial charge in [0, 0.05) is 13.1 Å². The van der Waals surface area contributed by atoms with Crippen LogP contribution in [-0.2, 0) is 7.05 Å². The van der Waals surface area contributed by atoms with Gasteiger partial charge in [-0.05, 0) is 43.9 Å². The monoisotopic (exact) mass is 271 g/mol. The zero-order valence-corrected chi connectivity index (χ0v) is 12.1. The Morgan fingerprint density at radius 3 is 2.95 bits per heavy atom. The molecule has 20 heavy (non-hydrogen) atoms. The number of aromatic nitrogens is 4. The predicted octanol–water partition coefficient (Wildman–Crippen LogP) is 2.60. The minimum Gasteiger partial charge on any atom is -0.367 e. The van der Waals surface area contributed by atoms with Crippen molar-refractivity contribution in [2.24, 2.45) is 24.8 Å². The van der Waals surface area contributed by atoms with Crippen LogP contribution >= 0.6 is 0 Å². The van der Waals surface area contributed by atoms with Crippen LogP contribution in [0.4, 0.5) is 5.82 Å². The van der Waals surface area contributed by atoms with Crippen LogP contribution in [0.15, 0.2) is 12.5 Å². The lowest BCUT2D eigenvalue weighted by Gasteiger charge is -2.29. The number of rotatable bonds is 3. The number of hydrogen-bond donors (Lipinski definition) is 1. The van der Waals surface area contributed by atoms with E-state index in [1.54, 1.807) is 11.0 Å². The van der Waals surface area contributed by atoms with E-state index in [2.05, 4.69) is 27.3 Å². The zero-order chi connectivity index (χ0) is 13.7. The third-order valence-corrected chi connectivity index (χ3v) is 5.33. The van der Waals surface area contributed by atoms with Gasteiger partial charge in [-0.15, -0.1) is 0 Å². The van der Waals surface area contributed by atoms with Gasteiger partial charge in [-0.1, -0.05) is 6.42 Å². The van der Waals surface area contributed by atoms with Crippen LogP contribution in [0.3, 0.4) is 0 Å². The van der Waals surface area contributed by atoms with Gasteiger partial charge < -0.3 is 5.32 Å². The first-order valence-corrected chi connectivity index (χ1v) is 7.61. The molecule has 4 atom stereocenters. The summed E-state index contributed by atoms with van der Waals surface area (Å²) >= 11 is 0. The number of nitrogens with one attached hydrogen (secondary N) is 1. The van der Waals surface area contributed by atoms with E-state index >= 15 is 0 Å². The fraction of sp³-hybridized carbons (Fsp3) is 0.667. The first-order valence-electron chi connectivity index (χ1n) is 7.61. The topological polar surface area (TPSA) is 55.6 Å². The maximum Gasteiger partial charge on any atom is 0.163 e. The molecule has 0 amide bonds. The van der Waals surface area contributed by atoms with Crippen molar-refractivity contribution in [3.8, 4) is 0 Å². The summed E-state index contributed by atoms with van der Waals surface area (Å²) in [5.74, 6) is 3.64. The lowest BCUT2D eigenvalue weighted by atomic mass is 9.84. The molecule has 106 valence electrons. The molecule has 0 aromatic carbocycles. The summed E-state index contributed by atoms with van der Waals surface area (Å²) in [5, 5.41) is 8.91. The minimum absolute atomic E-state index is 0.476. The summed E-state index contributed by atoms with van der Waals surface area (Å²) in [6.07, 6.45) is 9.19. The maximum absolute atomic E-state index is 4.42. The van der Waals surface area contributed by atoms with Crippen molar-refractivity contribution in [1.82, 2.24) is 19.7 Å². The molecule has 2 fully saturated rings. The van der Waals surface area contributed by atoms with E-state index in [9.17, 15) is 0 Å². The van der Waals surface area contributed by atoms with E-state index in [0.29, 0.717) is 6.04 Å². The highest BCUT2D eigenvalue weighted by molar-refractivity contribution is 5.86. The second-order valence-electron chi connectivity index (χ2n) is 6.50. The van der Waals surface area contributed by atoms with E-state index in [-0.39, 0.29) is 0 Å². The molecule has 2 aliphatic rings. The van der Waals surface area contributed by atoms with Gasteiger partial charge in [0.1, 0.15) is 12.1 Å². The second-order valence-corrected chi connectivity index (χ2v) is 6.50. The highest BCUT2D eigenvalue weighted by Gasteiger charge is 2.41. The van der Waals surface area contributed by atoms with Gasteiger partial charge in [0.25, 0.3) is 0 Å². The van der Waals surface area contributed by atoms with Crippen molar-refractivity contribution in [1.29, 1.82) is 0 Å². The van der Waals surface area contributed by atoms with E-state index < -0.39 is 0 Å². The first-order chi connectivity index (χ1) is 9.72. The van der Waals surface area contributed by atoms with Crippen LogP contribution in [0, 0.1) is 17.8 Å². The van der Waals surface area contributed by atoms with Gasteiger partial charge in [0.15, 0.2) is 5.65 Å². The largest absolute Gasteiger partial charge is 0.367 e. The quantitative estimate of drug-likeness (QED) is 0.932. The molecule has 0 aliphatic heterocycles. The normalized spacial score (nSPS) is 30.0. The first kappa shape index (κ1) is 12.1. The molecule has 2 saturated carbocycles. The predicted molar refractivity (Wildman–Crippen MR) is 78.3 cm³/mol. The average molecular weight is 271 g/mol. The fourth-order valence-electron chi connectivity index (χ4n) is 4.31. The molecule has 2 heterocycles. The van der Waals surface area contributed by atoms with Gasteiger partial charge in [-0.3, -0.25) is 4.68 Å². The van der Waals surface area contributed by atoms with Crippen LogP contribution in [0.1, 0.15) is 32.6 Å². The number of fused-ring (bicyclic) bond motifs is 3. The smallest absolute Gasteiger partial charge is 0.163 e. The Labute approximate surface area is 118 Å². The minimum atomic E-state index is 0.476. The Balaban J connectivity index is 1.58. The molecule has 5 heteroatoms. The fourth-order valence-corrected chi connectivity index (χ4v) is 4.31. The van der Waals surface area contributed by atoms with Crippen LogP contribution in [0.2, 0.25) is 0 Å². The van der Waals surface area contributed by atoms with Crippen molar-refractivity contribution in [3.05, 3.63) is 12.5 Å². The van der Waals surface area contributed by atoms with Crippen LogP contribution in [0.5, 0.6) is 0 Å². The molecule has 2 aromatic heterocycles. The molecule has 5 nitrogen and oxygen atoms in total. The summed E-state index contributed by atoms with van der Waals surface area (Å²) in [5.41, 5.74) is 0.891. The molecule has 0 radical (unpaired) electrons. The number of anilines is 1. The molecule has 4 rings (SSSR count). The Morgan fingerprint density at radius 2 is 2.20 bits per heavy atom. The molecule has 0 spiro atoms. The summed E-state index contributed by atoms with van der Waals surface area (Å²) in [6.45, 7) is 2.30. The summed E-state index contributed by atoms with van der Waals surface area (Å²) in [4.78, 5) is 8.71. The molecular weight excluding hydrogens is 250 g/mol. The molecule has 0 unspecified atom stereocenters. The average Bonchev–Trinajstić information content (AvgIpc) is 3.15. The molecule has 2 aliphatic carbocycles. The van der Waals surface area contributed by atoms with Crippen molar-refractivity contribution in [3.63, 3.8) is 0 Å². The molecule has 0 saturated heterocycles. The van der Waals surface area contributed by atoms with E-state index in [1.165, 1.54) is 25.7 Å². The maximum atomic E-state index is 4.42. The van der Waals surface area contributed by atoms with Crippen LogP contribution in [-0.4, -0.2) is 25.8 Å². The number of hydrogen-bond acceptors (Lipinski definition) is 4. The molecule has 2 aromatic rings. The van der Waals surface area contributed by atoms with Crippen molar-refractivity contribution >= 4 is 16.9 Å². The van der Waals surface area contributed by atoms with Crippen LogP contribution < -0.4 is 5.32 Å². The standard InChI is InChI=1S/C15H21N5/c1-9(12-6-10-3-4-11(12)5-10)19-14-13-7-18-20(2)15(13)17-8-16-14/h7-12H,3-6H2,1-2H3,(H,16,17,19)/t9-,10-,11-,12-/m0/s1. The third kappa shape index (κ3) is 1.79. The van der Waals surface area contributed by atoms with Gasteiger partial charge >= 0.3 is 0 Å². The lowest BCUT2D eigenvalue weighted by Crippen LogP contribution is -2.30. The van der Waals surface area contributed by atoms with E-state index in [4.69, 9.17) is 0 Å². The summed E-state index contributed by atoms with van der Waals surface area (Å²) in [7, 11) is 1.92. The Morgan fingerprint density at radius 1 is 1.30 bits per heavy atom.